The fraction of sp³-hybridized carbons (Fsp3) is 0.602. The largest absolute Gasteiger partial charge is 0.494 e. The van der Waals surface area contributed by atoms with Gasteiger partial charge < -0.3 is 37.9 Å². The topological polar surface area (TPSA) is 149 Å². The zero-order valence-electron chi connectivity index (χ0n) is 76.5. The van der Waals surface area contributed by atoms with Crippen LogP contribution in [0.5, 0.6) is 5.75 Å². The highest BCUT2D eigenvalue weighted by molar-refractivity contribution is 8.52. The lowest BCUT2D eigenvalue weighted by Crippen LogP contribution is -2.25. The molecule has 0 bridgehead atoms. The Morgan fingerprint density at radius 1 is 0.434 bits per heavy atom. The van der Waals surface area contributed by atoms with Crippen LogP contribution >= 0.6 is 0 Å². The Bertz CT molecular complexity index is 3270. The van der Waals surface area contributed by atoms with Crippen molar-refractivity contribution in [3.63, 3.8) is 0 Å². The van der Waals surface area contributed by atoms with Gasteiger partial charge in [-0.1, -0.05) is 205 Å². The first-order valence-electron chi connectivity index (χ1n) is 41.2. The second-order valence-electron chi connectivity index (χ2n) is 22.7. The molecule has 0 aliphatic rings. The summed E-state index contributed by atoms with van der Waals surface area (Å²) in [7, 11) is 11.0. The van der Waals surface area contributed by atoms with Gasteiger partial charge in [-0.15, -0.1) is 35.5 Å². The standard InChI is InChI=1S/C25H41NO4.C23H36O5.C19H23NO2.3C4H6.9CH4.3S4.6H2/c1-5-7-8-9-10-11-12-13-19-29-25(28)22-14-16-23(17-15-22)26(4)18-20-30-24(27)21(3)6-2;1-4-6-9-17-28-23(25)20-12-14-21(15-13-20)26-16-10-7-8-11-18-27-22(24)19(3)5-2;1-4-15(2)14-22-19(21)17-10-7-16(8-11-17)9-12-18-6-5-13-20(18)3;3*1-3-4-2;;;;;;;;;;3*1-3-4-2;;;;;;/h14-17,21H,5-13,18-20H2,1-4H3;12-15,19H,4-11,16-18H2,1-3H3;5-13,15H,4,14H2,1-3H3;3*1-2H3;9*1H4;;;;6*1H/b;;12-9+;;;;;;;;;;;;;;;;;;;;;/i;;;;;;;;;;;;;;;;;;6*1+1D. The van der Waals surface area contributed by atoms with Crippen LogP contribution in [-0.4, -0.2) is 87.6 Å². The molecule has 0 aliphatic carbocycles. The van der Waals surface area contributed by atoms with Gasteiger partial charge in [0.1, 0.15) is 12.4 Å². The van der Waals surface area contributed by atoms with Crippen LogP contribution in [0, 0.1) is 53.3 Å². The second kappa shape index (κ2) is 107. The number of aryl methyl sites for hydroxylation is 1. The number of anilines is 1. The third-order valence-corrected chi connectivity index (χ3v) is 21.4. The molecule has 1 aromatic heterocycles. The van der Waals surface area contributed by atoms with Gasteiger partial charge in [0.15, 0.2) is 0 Å². The lowest BCUT2D eigenvalue weighted by Gasteiger charge is -2.20. The van der Waals surface area contributed by atoms with Crippen LogP contribution in [0.15, 0.2) is 91.1 Å². The Morgan fingerprint density at radius 3 is 1.12 bits per heavy atom. The molecule has 4 aromatic rings. The molecule has 0 fully saturated rings. The summed E-state index contributed by atoms with van der Waals surface area (Å²) in [5.74, 6) is 16.1. The van der Waals surface area contributed by atoms with Crippen LogP contribution < -0.4 is 9.64 Å². The van der Waals surface area contributed by atoms with Crippen molar-refractivity contribution in [2.75, 3.05) is 58.1 Å². The highest BCUT2D eigenvalue weighted by Crippen LogP contribution is 2.18. The van der Waals surface area contributed by atoms with Crippen molar-refractivity contribution < 1.29 is 70.2 Å². The van der Waals surface area contributed by atoms with Crippen molar-refractivity contribution in [2.24, 2.45) is 24.8 Å². The molecule has 0 N–H and O–H groups in total. The van der Waals surface area contributed by atoms with Crippen LogP contribution in [0.4, 0.5) is 5.69 Å². The minimum atomic E-state index is -0.281. The monoisotopic (exact) mass is 1820 g/mol. The van der Waals surface area contributed by atoms with Crippen LogP contribution in [0.2, 0.25) is 0 Å². The molecule has 0 saturated heterocycles. The van der Waals surface area contributed by atoms with E-state index in [0.717, 1.165) is 99.7 Å². The number of likely N-dealkylation sites (N-methyl/N-ethyl adjacent to an activating group) is 1. The third-order valence-electron chi connectivity index (χ3n) is 14.7. The number of unbranched alkanes of at least 4 members (excludes halogenated alkanes) is 12. The maximum absolute atomic E-state index is 12.2. The molecule has 0 amide bonds. The van der Waals surface area contributed by atoms with Crippen molar-refractivity contribution in [3.05, 3.63) is 119 Å². The second-order valence-corrected chi connectivity index (χ2v) is 33.3. The molecule has 4 rings (SSSR count). The van der Waals surface area contributed by atoms with E-state index >= 15 is 0 Å². The zero-order valence-corrected chi connectivity index (χ0v) is 74.3. The van der Waals surface area contributed by atoms with Gasteiger partial charge in [-0.2, -0.15) is 0 Å². The number of carbonyl (C=O) groups excluding carboxylic acids is 5. The van der Waals surface area contributed by atoms with Gasteiger partial charge in [-0.05, 0) is 183 Å². The third kappa shape index (κ3) is 89.2. The maximum atomic E-state index is 12.2. The van der Waals surface area contributed by atoms with Crippen LogP contribution in [0.3, 0.4) is 0 Å². The highest BCUT2D eigenvalue weighted by Gasteiger charge is 2.15. The summed E-state index contributed by atoms with van der Waals surface area (Å²) >= 11 is 26.0. The highest BCUT2D eigenvalue weighted by atomic mass is 33.2. The molecule has 25 heteroatoms. The van der Waals surface area contributed by atoms with Crippen LogP contribution in [0.1, 0.15) is 339 Å². The summed E-state index contributed by atoms with van der Waals surface area (Å²) in [6.45, 7) is 30.7. The number of rotatable bonds is 37. The van der Waals surface area contributed by atoms with Crippen LogP contribution in [0.25, 0.3) is 12.2 Å². The van der Waals surface area contributed by atoms with Gasteiger partial charge in [-0.25, -0.2) is 14.4 Å². The molecular weight excluding hydrogens is 1650 g/mol. The van der Waals surface area contributed by atoms with E-state index in [1.165, 1.54) is 91.8 Å². The summed E-state index contributed by atoms with van der Waals surface area (Å²) in [6, 6.07) is 26.0. The molecular formula is C88H166N2O11S12. The number of carbonyl (C=O) groups is 5. The minimum absolute atomic E-state index is 0. The fourth-order valence-electron chi connectivity index (χ4n) is 7.55. The predicted molar refractivity (Wildman–Crippen MR) is 543 cm³/mol. The van der Waals surface area contributed by atoms with Crippen molar-refractivity contribution in [1.82, 2.24) is 4.57 Å². The SMILES string of the molecule is C.C.C.C.C.C.C.C.C.CC#CC.CC#CC.CC#CC.CCC(C)COC(=O)c1ccc(/C=C/c2cccn2C)cc1.CCCCCCCCCCOC(=O)c1ccc(N(C)CCOC(=O)C(C)CC)cc1.CCCCCOC(=O)c1ccc(OCCCCCCOC(=O)C(C)CC)cc1.S=S=S=S.S=S=S=S.S=S=S=S.[2H][2H].[2H][2H].[2H][2H].[2H][2H].[2H][2H].[2H][2H]. The molecule has 13 nitrogen and oxygen atoms in total. The first-order chi connectivity index (χ1) is 56.2. The van der Waals surface area contributed by atoms with Gasteiger partial charge in [0, 0.05) is 170 Å². The fourth-order valence-corrected chi connectivity index (χ4v) is 7.55. The Hall–Kier alpha value is -5.05. The summed E-state index contributed by atoms with van der Waals surface area (Å²) < 4.78 is 94.2. The number of nitrogens with zero attached hydrogens (tertiary/aromatic N) is 2. The summed E-state index contributed by atoms with van der Waals surface area (Å²) in [4.78, 5) is 61.3. The molecule has 0 radical (unpaired) electrons. The van der Waals surface area contributed by atoms with Gasteiger partial charge in [-0.3, -0.25) is 9.59 Å². The van der Waals surface area contributed by atoms with Crippen molar-refractivity contribution >= 4 is 168 Å². The van der Waals surface area contributed by atoms with Crippen LogP contribution in [-0.2, 0) is 161 Å². The number of aromatic nitrogens is 1. The molecule has 3 unspecified atom stereocenters. The average molecular weight is 1830 g/mol. The zero-order chi connectivity index (χ0) is 91.2. The molecule has 113 heavy (non-hydrogen) atoms. The molecule has 3 atom stereocenters. The first-order valence-corrected chi connectivity index (χ1v) is 47.2. The predicted octanol–water partition coefficient (Wildman–Crippen LogP) is 26.2. The van der Waals surface area contributed by atoms with E-state index in [2.05, 4.69) is 147 Å². The summed E-state index contributed by atoms with van der Waals surface area (Å²) in [5.41, 5.74) is 4.87. The molecule has 1 heterocycles. The van der Waals surface area contributed by atoms with E-state index in [0.29, 0.717) is 68.8 Å². The minimum Gasteiger partial charge on any atom is -0.494 e. The van der Waals surface area contributed by atoms with Crippen molar-refractivity contribution in [3.8, 4) is 41.3 Å². The number of benzene rings is 3. The number of hydrogen-bond acceptors (Lipinski definition) is 18. The number of ether oxygens (including phenoxy) is 6. The van der Waals surface area contributed by atoms with E-state index in [9.17, 15) is 24.0 Å². The lowest BCUT2D eigenvalue weighted by molar-refractivity contribution is -0.148. The Morgan fingerprint density at radius 2 is 0.761 bits per heavy atom. The normalized spacial score (nSPS) is 9.77. The smallest absolute Gasteiger partial charge is 0.338 e. The van der Waals surface area contributed by atoms with Gasteiger partial charge in [0.05, 0.1) is 68.1 Å². The van der Waals surface area contributed by atoms with Crippen molar-refractivity contribution in [2.45, 2.75) is 279 Å². The van der Waals surface area contributed by atoms with E-state index < -0.39 is 0 Å². The van der Waals surface area contributed by atoms with E-state index in [1.807, 2.05) is 143 Å². The Balaban J connectivity index is -0.0000000598. The van der Waals surface area contributed by atoms with E-state index in [4.69, 9.17) is 46.2 Å². The summed E-state index contributed by atoms with van der Waals surface area (Å²) in [5, 5.41) is 0. The maximum Gasteiger partial charge on any atom is 0.338 e. The molecule has 3 aromatic carbocycles. The molecule has 0 aliphatic heterocycles. The van der Waals surface area contributed by atoms with E-state index in [-0.39, 0.29) is 109 Å². The number of hydrogen-bond donors (Lipinski definition) is 0. The average Bonchev–Trinajstić information content (AvgIpc) is 1.53. The first kappa shape index (κ1) is 124. The van der Waals surface area contributed by atoms with Gasteiger partial charge in [0.25, 0.3) is 0 Å². The molecule has 0 spiro atoms. The Kier molecular flexibility index (Phi) is 117. The quantitative estimate of drug-likeness (QED) is 0.0182. The molecule has 0 saturated carbocycles. The Labute approximate surface area is 759 Å². The number of esters is 5. The summed E-state index contributed by atoms with van der Waals surface area (Å²) in [6.07, 6.45) is 25.5. The lowest BCUT2D eigenvalue weighted by atomic mass is 10.1. The van der Waals surface area contributed by atoms with Crippen molar-refractivity contribution in [1.29, 1.82) is 0 Å². The van der Waals surface area contributed by atoms with Gasteiger partial charge >= 0.3 is 29.8 Å². The van der Waals surface area contributed by atoms with Gasteiger partial charge in [0.2, 0.25) is 0 Å². The van der Waals surface area contributed by atoms with E-state index in [1.54, 1.807) is 36.4 Å². The molecule has 666 valence electrons.